The first-order valence-electron chi connectivity index (χ1n) is 7.72. The molecule has 106 valence electrons. The third-order valence-electron chi connectivity index (χ3n) is 4.96. The molecule has 3 rings (SSSR count). The van der Waals surface area contributed by atoms with Crippen LogP contribution in [0.5, 0.6) is 0 Å². The molecular weight excluding hydrogens is 302 g/mol. The van der Waals surface area contributed by atoms with E-state index in [4.69, 9.17) is 0 Å². The van der Waals surface area contributed by atoms with Gasteiger partial charge in [0.25, 0.3) is 0 Å². The van der Waals surface area contributed by atoms with Gasteiger partial charge in [-0.2, -0.15) is 5.10 Å². The largest absolute Gasteiger partial charge is 0.309 e. The van der Waals surface area contributed by atoms with Crippen molar-refractivity contribution in [3.05, 3.63) is 16.4 Å². The Balaban J connectivity index is 1.86. The molecule has 1 heterocycles. The molecule has 0 saturated heterocycles. The number of halogens is 1. The van der Waals surface area contributed by atoms with E-state index in [2.05, 4.69) is 44.9 Å². The smallest absolute Gasteiger partial charge is 0.0698 e. The van der Waals surface area contributed by atoms with Crippen molar-refractivity contribution < 1.29 is 0 Å². The zero-order valence-corrected chi connectivity index (χ0v) is 13.5. The molecule has 1 aromatic rings. The lowest BCUT2D eigenvalue weighted by Gasteiger charge is -2.20. The molecule has 3 nitrogen and oxygen atoms in total. The fraction of sp³-hybridized carbons (Fsp3) is 0.800. The molecule has 4 heteroatoms. The Morgan fingerprint density at radius 1 is 1.37 bits per heavy atom. The molecule has 2 aliphatic carbocycles. The second-order valence-corrected chi connectivity index (χ2v) is 6.77. The molecule has 0 aromatic carbocycles. The van der Waals surface area contributed by atoms with E-state index in [0.717, 1.165) is 30.8 Å². The number of hydrogen-bond acceptors (Lipinski definition) is 2. The summed E-state index contributed by atoms with van der Waals surface area (Å²) in [6.07, 6.45) is 7.70. The summed E-state index contributed by atoms with van der Waals surface area (Å²) in [6, 6.07) is 0.481. The molecule has 3 atom stereocenters. The van der Waals surface area contributed by atoms with Crippen LogP contribution in [0.1, 0.15) is 51.3 Å². The standard InChI is InChI=1S/C15H24BrN3/c1-3-17-14(13-10-7-5-6-8-11(10)13)15-12(16)9-18-19(15)4-2/h9-11,13-14,17H,3-8H2,1-2H3. The number of nitrogens with zero attached hydrogens (tertiary/aromatic N) is 2. The van der Waals surface area contributed by atoms with Gasteiger partial charge in [0.1, 0.15) is 0 Å². The second-order valence-electron chi connectivity index (χ2n) is 5.92. The van der Waals surface area contributed by atoms with E-state index in [1.54, 1.807) is 0 Å². The molecule has 0 bridgehead atoms. The summed E-state index contributed by atoms with van der Waals surface area (Å²) >= 11 is 3.70. The summed E-state index contributed by atoms with van der Waals surface area (Å²) < 4.78 is 3.32. The van der Waals surface area contributed by atoms with Crippen molar-refractivity contribution in [2.45, 2.75) is 52.1 Å². The highest BCUT2D eigenvalue weighted by molar-refractivity contribution is 9.10. The van der Waals surface area contributed by atoms with E-state index < -0.39 is 0 Å². The normalized spacial score (nSPS) is 31.0. The first-order chi connectivity index (χ1) is 9.27. The van der Waals surface area contributed by atoms with Crippen molar-refractivity contribution >= 4 is 15.9 Å². The van der Waals surface area contributed by atoms with E-state index in [1.165, 1.54) is 35.8 Å². The minimum Gasteiger partial charge on any atom is -0.309 e. The molecule has 0 radical (unpaired) electrons. The Morgan fingerprint density at radius 2 is 2.05 bits per heavy atom. The van der Waals surface area contributed by atoms with Crippen LogP contribution in [0, 0.1) is 17.8 Å². The first-order valence-corrected chi connectivity index (χ1v) is 8.51. The Hall–Kier alpha value is -0.350. The SMILES string of the molecule is CCNC(c1c(Br)cnn1CC)C1C2CCCCC21. The van der Waals surface area contributed by atoms with Crippen LogP contribution in [0.3, 0.4) is 0 Å². The number of fused-ring (bicyclic) bond motifs is 1. The number of aryl methyl sites for hydroxylation is 1. The van der Waals surface area contributed by atoms with E-state index in [9.17, 15) is 0 Å². The molecule has 1 aromatic heterocycles. The molecule has 0 amide bonds. The molecule has 2 fully saturated rings. The highest BCUT2D eigenvalue weighted by Gasteiger charge is 2.55. The van der Waals surface area contributed by atoms with Crippen LogP contribution >= 0.6 is 15.9 Å². The van der Waals surface area contributed by atoms with E-state index in [-0.39, 0.29) is 0 Å². The zero-order chi connectivity index (χ0) is 13.4. The fourth-order valence-corrected chi connectivity index (χ4v) is 4.65. The monoisotopic (exact) mass is 325 g/mol. The van der Waals surface area contributed by atoms with Gasteiger partial charge in [0, 0.05) is 6.54 Å². The average Bonchev–Trinajstić information content (AvgIpc) is 3.04. The number of nitrogens with one attached hydrogen (secondary N) is 1. The van der Waals surface area contributed by atoms with Crippen LogP contribution in [-0.4, -0.2) is 16.3 Å². The van der Waals surface area contributed by atoms with Gasteiger partial charge in [0.2, 0.25) is 0 Å². The van der Waals surface area contributed by atoms with Gasteiger partial charge in [0.05, 0.1) is 22.4 Å². The van der Waals surface area contributed by atoms with E-state index in [0.29, 0.717) is 6.04 Å². The molecule has 2 saturated carbocycles. The van der Waals surface area contributed by atoms with Crippen LogP contribution in [0.4, 0.5) is 0 Å². The summed E-state index contributed by atoms with van der Waals surface area (Å²) in [7, 11) is 0. The van der Waals surface area contributed by atoms with Gasteiger partial charge in [-0.15, -0.1) is 0 Å². The minimum absolute atomic E-state index is 0.481. The Morgan fingerprint density at radius 3 is 2.63 bits per heavy atom. The molecule has 0 spiro atoms. The highest BCUT2D eigenvalue weighted by Crippen LogP contribution is 2.60. The van der Waals surface area contributed by atoms with Gasteiger partial charge < -0.3 is 5.32 Å². The molecule has 2 aliphatic rings. The summed E-state index contributed by atoms with van der Waals surface area (Å²) in [6.45, 7) is 6.36. The van der Waals surface area contributed by atoms with Crippen LogP contribution < -0.4 is 5.32 Å². The molecular formula is C15H24BrN3. The maximum atomic E-state index is 4.49. The van der Waals surface area contributed by atoms with E-state index in [1.807, 2.05) is 6.20 Å². The third-order valence-corrected chi connectivity index (χ3v) is 5.57. The van der Waals surface area contributed by atoms with Gasteiger partial charge in [-0.1, -0.05) is 19.8 Å². The molecule has 19 heavy (non-hydrogen) atoms. The van der Waals surface area contributed by atoms with Gasteiger partial charge in [0.15, 0.2) is 0 Å². The predicted molar refractivity (Wildman–Crippen MR) is 81.0 cm³/mol. The Kier molecular flexibility index (Phi) is 3.99. The van der Waals surface area contributed by atoms with Gasteiger partial charge >= 0.3 is 0 Å². The second kappa shape index (κ2) is 5.57. The number of aromatic nitrogens is 2. The van der Waals surface area contributed by atoms with Crippen LogP contribution in [0.2, 0.25) is 0 Å². The molecule has 1 N–H and O–H groups in total. The highest BCUT2D eigenvalue weighted by atomic mass is 79.9. The lowest BCUT2D eigenvalue weighted by Crippen LogP contribution is -2.27. The lowest BCUT2D eigenvalue weighted by atomic mass is 10.0. The quantitative estimate of drug-likeness (QED) is 0.893. The third kappa shape index (κ3) is 2.38. The zero-order valence-electron chi connectivity index (χ0n) is 11.9. The van der Waals surface area contributed by atoms with Crippen LogP contribution in [0.25, 0.3) is 0 Å². The predicted octanol–water partition coefficient (Wildman–Crippen LogP) is 3.75. The minimum atomic E-state index is 0.481. The molecule has 0 aliphatic heterocycles. The average molecular weight is 326 g/mol. The van der Waals surface area contributed by atoms with Gasteiger partial charge in [-0.25, -0.2) is 0 Å². The number of rotatable bonds is 5. The van der Waals surface area contributed by atoms with Crippen LogP contribution in [-0.2, 0) is 6.54 Å². The summed E-state index contributed by atoms with van der Waals surface area (Å²) in [5.74, 6) is 2.76. The van der Waals surface area contributed by atoms with Crippen molar-refractivity contribution in [2.75, 3.05) is 6.54 Å². The van der Waals surface area contributed by atoms with Gasteiger partial charge in [-0.3, -0.25) is 4.68 Å². The topological polar surface area (TPSA) is 29.9 Å². The van der Waals surface area contributed by atoms with Crippen molar-refractivity contribution in [1.82, 2.24) is 15.1 Å². The summed E-state index contributed by atoms with van der Waals surface area (Å²) in [5, 5.41) is 8.22. The number of hydrogen-bond donors (Lipinski definition) is 1. The fourth-order valence-electron chi connectivity index (χ4n) is 4.11. The molecule has 3 unspecified atom stereocenters. The van der Waals surface area contributed by atoms with Crippen molar-refractivity contribution in [3.63, 3.8) is 0 Å². The van der Waals surface area contributed by atoms with Gasteiger partial charge in [-0.05, 0) is 60.0 Å². The maximum absolute atomic E-state index is 4.49. The van der Waals surface area contributed by atoms with E-state index >= 15 is 0 Å². The Bertz CT molecular complexity index is 431. The summed E-state index contributed by atoms with van der Waals surface area (Å²) in [5.41, 5.74) is 1.36. The lowest BCUT2D eigenvalue weighted by molar-refractivity contribution is 0.419. The van der Waals surface area contributed by atoms with Crippen LogP contribution in [0.15, 0.2) is 10.7 Å². The Labute approximate surface area is 124 Å². The first kappa shape index (κ1) is 13.6. The summed E-state index contributed by atoms with van der Waals surface area (Å²) in [4.78, 5) is 0. The maximum Gasteiger partial charge on any atom is 0.0698 e. The van der Waals surface area contributed by atoms with Crippen molar-refractivity contribution in [2.24, 2.45) is 17.8 Å². The van der Waals surface area contributed by atoms with Crippen molar-refractivity contribution in [1.29, 1.82) is 0 Å². The van der Waals surface area contributed by atoms with Crippen molar-refractivity contribution in [3.8, 4) is 0 Å².